The molecule has 5 nitrogen and oxygen atoms in total. The molecule has 21 heavy (non-hydrogen) atoms. The van der Waals surface area contributed by atoms with E-state index in [0.29, 0.717) is 19.8 Å². The summed E-state index contributed by atoms with van der Waals surface area (Å²) in [5, 5.41) is 6.35. The molecule has 3 rings (SSSR count). The van der Waals surface area contributed by atoms with Crippen LogP contribution in [0.2, 0.25) is 0 Å². The lowest BCUT2D eigenvalue weighted by Gasteiger charge is -2.32. The number of nitrogens with one attached hydrogen (secondary N) is 2. The minimum Gasteiger partial charge on any atom is -0.376 e. The highest BCUT2D eigenvalue weighted by Crippen LogP contribution is 2.25. The number of ether oxygens (including phenoxy) is 2. The maximum Gasteiger partial charge on any atom is 0.251 e. The molecule has 5 heteroatoms. The predicted molar refractivity (Wildman–Crippen MR) is 79.5 cm³/mol. The molecule has 1 fully saturated rings. The average Bonchev–Trinajstić information content (AvgIpc) is 2.54. The first kappa shape index (κ1) is 14.5. The van der Waals surface area contributed by atoms with Gasteiger partial charge in [0.05, 0.1) is 25.9 Å². The summed E-state index contributed by atoms with van der Waals surface area (Å²) >= 11 is 0. The maximum atomic E-state index is 12.0. The molecular formula is C16H22N2O3. The number of carbonyl (C=O) groups excluding carboxylic acids is 1. The molecule has 0 aromatic heterocycles. The number of benzene rings is 1. The van der Waals surface area contributed by atoms with Gasteiger partial charge in [0.2, 0.25) is 0 Å². The normalized spacial score (nSPS) is 23.3. The number of rotatable bonds is 4. The monoisotopic (exact) mass is 290 g/mol. The smallest absolute Gasteiger partial charge is 0.251 e. The zero-order chi connectivity index (χ0) is 14.7. The third-order valence-corrected chi connectivity index (χ3v) is 4.06. The highest BCUT2D eigenvalue weighted by molar-refractivity contribution is 5.96. The van der Waals surface area contributed by atoms with Gasteiger partial charge >= 0.3 is 0 Å². The van der Waals surface area contributed by atoms with Gasteiger partial charge in [-0.15, -0.1) is 0 Å². The van der Waals surface area contributed by atoms with Crippen molar-refractivity contribution in [2.24, 2.45) is 0 Å². The predicted octanol–water partition coefficient (Wildman–Crippen LogP) is 1.04. The quantitative estimate of drug-likeness (QED) is 0.870. The molecule has 1 amide bonds. The minimum absolute atomic E-state index is 0.0107. The van der Waals surface area contributed by atoms with Crippen molar-refractivity contribution in [3.8, 4) is 0 Å². The molecular weight excluding hydrogens is 268 g/mol. The Morgan fingerprint density at radius 3 is 3.10 bits per heavy atom. The fourth-order valence-corrected chi connectivity index (χ4v) is 3.01. The second-order valence-electron chi connectivity index (χ2n) is 5.44. The number of amides is 1. The van der Waals surface area contributed by atoms with Crippen LogP contribution in [0.3, 0.4) is 0 Å². The van der Waals surface area contributed by atoms with Gasteiger partial charge in [-0.2, -0.15) is 0 Å². The summed E-state index contributed by atoms with van der Waals surface area (Å²) in [7, 11) is 0. The van der Waals surface area contributed by atoms with Gasteiger partial charge < -0.3 is 20.1 Å². The first-order chi connectivity index (χ1) is 10.3. The Kier molecular flexibility index (Phi) is 4.53. The highest BCUT2D eigenvalue weighted by atomic mass is 16.6. The summed E-state index contributed by atoms with van der Waals surface area (Å²) in [5.41, 5.74) is 3.00. The zero-order valence-electron chi connectivity index (χ0n) is 12.4. The molecule has 114 valence electrons. The summed E-state index contributed by atoms with van der Waals surface area (Å²) in [6.07, 6.45) is 0.888. The van der Waals surface area contributed by atoms with Crippen LogP contribution in [0.25, 0.3) is 0 Å². The topological polar surface area (TPSA) is 59.6 Å². The fourth-order valence-electron chi connectivity index (χ4n) is 3.01. The molecule has 0 spiro atoms. The van der Waals surface area contributed by atoms with Gasteiger partial charge in [-0.1, -0.05) is 19.1 Å². The van der Waals surface area contributed by atoms with Crippen molar-refractivity contribution in [1.29, 1.82) is 0 Å². The molecule has 0 radical (unpaired) electrons. The van der Waals surface area contributed by atoms with Crippen LogP contribution in [-0.2, 0) is 15.9 Å². The van der Waals surface area contributed by atoms with Gasteiger partial charge in [0.15, 0.2) is 0 Å². The van der Waals surface area contributed by atoms with Crippen LogP contribution in [0.1, 0.15) is 34.5 Å². The van der Waals surface area contributed by atoms with E-state index in [1.807, 2.05) is 6.07 Å². The molecule has 2 unspecified atom stereocenters. The molecule has 1 aromatic carbocycles. The lowest BCUT2D eigenvalue weighted by molar-refractivity contribution is -0.102. The first-order valence-electron chi connectivity index (χ1n) is 7.63. The Morgan fingerprint density at radius 1 is 1.43 bits per heavy atom. The number of likely N-dealkylation sites (N-methyl/N-ethyl adjacent to an activating group) is 1. The Balaban J connectivity index is 1.88. The summed E-state index contributed by atoms with van der Waals surface area (Å²) in [6, 6.07) is 6.21. The van der Waals surface area contributed by atoms with Crippen LogP contribution in [0.15, 0.2) is 18.2 Å². The van der Waals surface area contributed by atoms with Crippen LogP contribution < -0.4 is 10.6 Å². The Morgan fingerprint density at radius 2 is 2.33 bits per heavy atom. The molecule has 2 heterocycles. The molecule has 0 bridgehead atoms. The maximum absolute atomic E-state index is 12.0. The summed E-state index contributed by atoms with van der Waals surface area (Å²) in [4.78, 5) is 12.0. The third-order valence-electron chi connectivity index (χ3n) is 4.06. The van der Waals surface area contributed by atoms with Gasteiger partial charge in [0.25, 0.3) is 5.91 Å². The van der Waals surface area contributed by atoms with Gasteiger partial charge in [-0.05, 0) is 30.2 Å². The van der Waals surface area contributed by atoms with Crippen LogP contribution in [0, 0.1) is 0 Å². The zero-order valence-corrected chi connectivity index (χ0v) is 12.4. The van der Waals surface area contributed by atoms with Gasteiger partial charge in [0, 0.05) is 12.1 Å². The van der Waals surface area contributed by atoms with E-state index in [0.717, 1.165) is 36.2 Å². The second-order valence-corrected chi connectivity index (χ2v) is 5.44. The van der Waals surface area contributed by atoms with Gasteiger partial charge in [0.1, 0.15) is 6.10 Å². The van der Waals surface area contributed by atoms with Crippen molar-refractivity contribution in [2.75, 3.05) is 32.9 Å². The van der Waals surface area contributed by atoms with Crippen molar-refractivity contribution in [3.63, 3.8) is 0 Å². The van der Waals surface area contributed by atoms with Gasteiger partial charge in [-0.3, -0.25) is 4.79 Å². The lowest BCUT2D eigenvalue weighted by Crippen LogP contribution is -2.41. The summed E-state index contributed by atoms with van der Waals surface area (Å²) in [6.45, 7) is 5.50. The second kappa shape index (κ2) is 6.56. The largest absolute Gasteiger partial charge is 0.376 e. The number of hydrogen-bond acceptors (Lipinski definition) is 4. The molecule has 1 aromatic rings. The fraction of sp³-hybridized carbons (Fsp3) is 0.562. The van der Waals surface area contributed by atoms with Crippen molar-refractivity contribution >= 4 is 5.91 Å². The standard InChI is InChI=1S/C16H22N2O3/c1-2-17-15(14-10-20-7-8-21-14)12-4-3-11-5-6-18-16(19)13(11)9-12/h3-4,9,14-15,17H,2,5-8,10H2,1H3,(H,18,19). The van der Waals surface area contributed by atoms with E-state index < -0.39 is 0 Å². The first-order valence-corrected chi connectivity index (χ1v) is 7.63. The average molecular weight is 290 g/mol. The Bertz CT molecular complexity index is 512. The Hall–Kier alpha value is -1.43. The third kappa shape index (κ3) is 3.10. The van der Waals surface area contributed by atoms with E-state index in [2.05, 4.69) is 29.7 Å². The summed E-state index contributed by atoms with van der Waals surface area (Å²) < 4.78 is 11.4. The van der Waals surface area contributed by atoms with E-state index in [9.17, 15) is 4.79 Å². The molecule has 0 aliphatic carbocycles. The van der Waals surface area contributed by atoms with Crippen LogP contribution >= 0.6 is 0 Å². The molecule has 2 aliphatic heterocycles. The van der Waals surface area contributed by atoms with Crippen molar-refractivity contribution in [3.05, 3.63) is 34.9 Å². The molecule has 2 atom stereocenters. The number of fused-ring (bicyclic) bond motifs is 1. The van der Waals surface area contributed by atoms with Crippen molar-refractivity contribution < 1.29 is 14.3 Å². The van der Waals surface area contributed by atoms with E-state index in [4.69, 9.17) is 9.47 Å². The van der Waals surface area contributed by atoms with Crippen LogP contribution in [0.5, 0.6) is 0 Å². The molecule has 2 N–H and O–H groups in total. The van der Waals surface area contributed by atoms with Crippen LogP contribution in [0.4, 0.5) is 0 Å². The van der Waals surface area contributed by atoms with Crippen molar-refractivity contribution in [1.82, 2.24) is 10.6 Å². The van der Waals surface area contributed by atoms with E-state index in [1.165, 1.54) is 0 Å². The Labute approximate surface area is 125 Å². The summed E-state index contributed by atoms with van der Waals surface area (Å²) in [5.74, 6) is 0.0224. The van der Waals surface area contributed by atoms with E-state index >= 15 is 0 Å². The van der Waals surface area contributed by atoms with Crippen LogP contribution in [-0.4, -0.2) is 44.9 Å². The van der Waals surface area contributed by atoms with Crippen molar-refractivity contribution in [2.45, 2.75) is 25.5 Å². The molecule has 2 aliphatic rings. The number of carbonyl (C=O) groups is 1. The highest BCUT2D eigenvalue weighted by Gasteiger charge is 2.27. The minimum atomic E-state index is -0.0107. The molecule has 0 saturated carbocycles. The number of hydrogen-bond donors (Lipinski definition) is 2. The lowest BCUT2D eigenvalue weighted by atomic mass is 9.93. The molecule has 1 saturated heterocycles. The SMILES string of the molecule is CCNC(c1ccc2c(c1)C(=O)NCC2)C1COCCO1. The van der Waals surface area contributed by atoms with E-state index in [-0.39, 0.29) is 18.1 Å². The van der Waals surface area contributed by atoms with Gasteiger partial charge in [-0.25, -0.2) is 0 Å². The van der Waals surface area contributed by atoms with E-state index in [1.54, 1.807) is 0 Å².